The summed E-state index contributed by atoms with van der Waals surface area (Å²) >= 11 is 5.76. The van der Waals surface area contributed by atoms with Crippen molar-refractivity contribution < 1.29 is 23.8 Å². The van der Waals surface area contributed by atoms with E-state index in [4.69, 9.17) is 25.8 Å². The molecule has 0 unspecified atom stereocenters. The van der Waals surface area contributed by atoms with E-state index in [1.807, 2.05) is 0 Å². The molecule has 120 valence electrons. The second-order valence-electron chi connectivity index (χ2n) is 4.55. The molecule has 0 bridgehead atoms. The van der Waals surface area contributed by atoms with E-state index in [-0.39, 0.29) is 23.7 Å². The molecule has 0 radical (unpaired) electrons. The van der Waals surface area contributed by atoms with Gasteiger partial charge in [0.2, 0.25) is 0 Å². The van der Waals surface area contributed by atoms with E-state index < -0.39 is 5.97 Å². The maximum Gasteiger partial charge on any atom is 0.342 e. The molecule has 0 aliphatic heterocycles. The first kappa shape index (κ1) is 16.8. The van der Waals surface area contributed by atoms with Crippen LogP contribution >= 0.6 is 11.6 Å². The first-order chi connectivity index (χ1) is 11.1. The number of rotatable bonds is 6. The summed E-state index contributed by atoms with van der Waals surface area (Å²) in [7, 11) is 2.89. The predicted octanol–water partition coefficient (Wildman–Crippen LogP) is 3.40. The fourth-order valence-corrected chi connectivity index (χ4v) is 2.10. The van der Waals surface area contributed by atoms with Gasteiger partial charge in [-0.25, -0.2) is 4.79 Å². The van der Waals surface area contributed by atoms with Crippen LogP contribution in [0.3, 0.4) is 0 Å². The van der Waals surface area contributed by atoms with Crippen molar-refractivity contribution in [2.24, 2.45) is 0 Å². The Balaban J connectivity index is 2.08. The fourth-order valence-electron chi connectivity index (χ4n) is 1.98. The zero-order chi connectivity index (χ0) is 16.8. The number of para-hydroxylation sites is 1. The minimum Gasteiger partial charge on any atom is -0.493 e. The van der Waals surface area contributed by atoms with Crippen molar-refractivity contribution in [1.29, 1.82) is 0 Å². The molecule has 0 aromatic heterocycles. The number of carbonyl (C=O) groups excluding carboxylic acids is 2. The summed E-state index contributed by atoms with van der Waals surface area (Å²) in [5.74, 6) is -0.315. The molecule has 5 nitrogen and oxygen atoms in total. The predicted molar refractivity (Wildman–Crippen MR) is 85.6 cm³/mol. The van der Waals surface area contributed by atoms with E-state index >= 15 is 0 Å². The molecule has 0 atom stereocenters. The second kappa shape index (κ2) is 7.65. The lowest BCUT2D eigenvalue weighted by molar-refractivity contribution is 0.0471. The molecule has 0 spiro atoms. The van der Waals surface area contributed by atoms with Crippen LogP contribution < -0.4 is 9.47 Å². The minimum absolute atomic E-state index is 0.191. The molecule has 0 heterocycles. The number of benzene rings is 2. The van der Waals surface area contributed by atoms with E-state index in [2.05, 4.69) is 0 Å². The van der Waals surface area contributed by atoms with Crippen molar-refractivity contribution in [3.8, 4) is 11.5 Å². The quantitative estimate of drug-likeness (QED) is 0.598. The highest BCUT2D eigenvalue weighted by Gasteiger charge is 2.19. The summed E-state index contributed by atoms with van der Waals surface area (Å²) < 4.78 is 15.3. The second-order valence-corrected chi connectivity index (χ2v) is 4.98. The molecule has 0 amide bonds. The van der Waals surface area contributed by atoms with Gasteiger partial charge in [0.1, 0.15) is 5.56 Å². The van der Waals surface area contributed by atoms with E-state index in [0.29, 0.717) is 16.3 Å². The third-order valence-corrected chi connectivity index (χ3v) is 3.38. The molecule has 0 aliphatic rings. The van der Waals surface area contributed by atoms with Gasteiger partial charge in [-0.3, -0.25) is 4.79 Å². The zero-order valence-corrected chi connectivity index (χ0v) is 13.4. The molecular formula is C17H15ClO5. The molecule has 6 heteroatoms. The molecule has 0 saturated heterocycles. The van der Waals surface area contributed by atoms with Crippen molar-refractivity contribution in [3.63, 3.8) is 0 Å². The standard InChI is InChI=1S/C17H15ClO5/c1-21-15-5-3-4-13(16(15)22-2)17(20)23-10-14(19)11-6-8-12(18)9-7-11/h3-9H,10H2,1-2H3. The first-order valence-electron chi connectivity index (χ1n) is 6.73. The summed E-state index contributed by atoms with van der Waals surface area (Å²) in [5, 5.41) is 0.527. The summed E-state index contributed by atoms with van der Waals surface area (Å²) in [4.78, 5) is 24.1. The number of ether oxygens (including phenoxy) is 3. The smallest absolute Gasteiger partial charge is 0.342 e. The summed E-state index contributed by atoms with van der Waals surface area (Å²) in [6.07, 6.45) is 0. The molecule has 23 heavy (non-hydrogen) atoms. The highest BCUT2D eigenvalue weighted by Crippen LogP contribution is 2.31. The van der Waals surface area contributed by atoms with Crippen LogP contribution in [0, 0.1) is 0 Å². The molecule has 0 aliphatic carbocycles. The Morgan fingerprint density at radius 3 is 2.30 bits per heavy atom. The topological polar surface area (TPSA) is 61.8 Å². The van der Waals surface area contributed by atoms with Crippen molar-refractivity contribution in [2.75, 3.05) is 20.8 Å². The van der Waals surface area contributed by atoms with Crippen LogP contribution in [0.25, 0.3) is 0 Å². The molecule has 0 fully saturated rings. The van der Waals surface area contributed by atoms with Crippen molar-refractivity contribution in [1.82, 2.24) is 0 Å². The third-order valence-electron chi connectivity index (χ3n) is 3.12. The Bertz CT molecular complexity index is 709. The van der Waals surface area contributed by atoms with Gasteiger partial charge in [0.05, 0.1) is 14.2 Å². The Hall–Kier alpha value is -2.53. The first-order valence-corrected chi connectivity index (χ1v) is 7.11. The lowest BCUT2D eigenvalue weighted by Gasteiger charge is -2.11. The normalized spacial score (nSPS) is 10.0. The molecule has 0 N–H and O–H groups in total. The Morgan fingerprint density at radius 1 is 1.00 bits per heavy atom. The van der Waals surface area contributed by atoms with Crippen LogP contribution in [0.2, 0.25) is 5.02 Å². The monoisotopic (exact) mass is 334 g/mol. The third kappa shape index (κ3) is 4.02. The van der Waals surface area contributed by atoms with Crippen LogP contribution in [0.1, 0.15) is 20.7 Å². The van der Waals surface area contributed by atoms with E-state index in [1.54, 1.807) is 36.4 Å². The number of esters is 1. The number of hydrogen-bond donors (Lipinski definition) is 0. The van der Waals surface area contributed by atoms with Gasteiger partial charge in [-0.15, -0.1) is 0 Å². The number of methoxy groups -OCH3 is 2. The van der Waals surface area contributed by atoms with E-state index in [1.165, 1.54) is 20.3 Å². The number of halogens is 1. The van der Waals surface area contributed by atoms with Gasteiger partial charge in [0.25, 0.3) is 0 Å². The molecule has 2 aromatic rings. The van der Waals surface area contributed by atoms with Crippen molar-refractivity contribution >= 4 is 23.4 Å². The number of ketones is 1. The average Bonchev–Trinajstić information content (AvgIpc) is 2.59. The molecule has 2 rings (SSSR count). The Morgan fingerprint density at radius 2 is 1.70 bits per heavy atom. The largest absolute Gasteiger partial charge is 0.493 e. The Kier molecular flexibility index (Phi) is 5.60. The summed E-state index contributed by atoms with van der Waals surface area (Å²) in [5.41, 5.74) is 0.607. The van der Waals surface area contributed by atoms with E-state index in [9.17, 15) is 9.59 Å². The van der Waals surface area contributed by atoms with Gasteiger partial charge in [-0.1, -0.05) is 17.7 Å². The van der Waals surface area contributed by atoms with Crippen LogP contribution in [-0.2, 0) is 4.74 Å². The zero-order valence-electron chi connectivity index (χ0n) is 12.7. The number of hydrogen-bond acceptors (Lipinski definition) is 5. The molecule has 2 aromatic carbocycles. The van der Waals surface area contributed by atoms with Crippen molar-refractivity contribution in [3.05, 3.63) is 58.6 Å². The van der Waals surface area contributed by atoms with Crippen LogP contribution in [0.15, 0.2) is 42.5 Å². The maximum absolute atomic E-state index is 12.2. The van der Waals surface area contributed by atoms with Crippen LogP contribution in [-0.4, -0.2) is 32.6 Å². The van der Waals surface area contributed by atoms with Gasteiger partial charge in [-0.05, 0) is 36.4 Å². The SMILES string of the molecule is COc1cccc(C(=O)OCC(=O)c2ccc(Cl)cc2)c1OC. The summed E-state index contributed by atoms with van der Waals surface area (Å²) in [6.45, 7) is -0.374. The lowest BCUT2D eigenvalue weighted by Crippen LogP contribution is -2.15. The fraction of sp³-hybridized carbons (Fsp3) is 0.176. The van der Waals surface area contributed by atoms with E-state index in [0.717, 1.165) is 0 Å². The number of carbonyl (C=O) groups is 2. The number of Topliss-reactive ketones (excluding diaryl/α,β-unsaturated/α-hetero) is 1. The average molecular weight is 335 g/mol. The Labute approximate surface area is 138 Å². The highest BCUT2D eigenvalue weighted by atomic mass is 35.5. The van der Waals surface area contributed by atoms with Crippen LogP contribution in [0.5, 0.6) is 11.5 Å². The molecule has 0 saturated carbocycles. The molecular weight excluding hydrogens is 320 g/mol. The lowest BCUT2D eigenvalue weighted by atomic mass is 10.1. The summed E-state index contributed by atoms with van der Waals surface area (Å²) in [6, 6.07) is 11.2. The van der Waals surface area contributed by atoms with Gasteiger partial charge >= 0.3 is 5.97 Å². The highest BCUT2D eigenvalue weighted by molar-refractivity contribution is 6.30. The van der Waals surface area contributed by atoms with Gasteiger partial charge < -0.3 is 14.2 Å². The van der Waals surface area contributed by atoms with Gasteiger partial charge in [0.15, 0.2) is 23.9 Å². The van der Waals surface area contributed by atoms with Gasteiger partial charge in [-0.2, -0.15) is 0 Å². The van der Waals surface area contributed by atoms with Crippen molar-refractivity contribution in [2.45, 2.75) is 0 Å². The van der Waals surface area contributed by atoms with Gasteiger partial charge in [0, 0.05) is 10.6 Å². The van der Waals surface area contributed by atoms with Crippen LogP contribution in [0.4, 0.5) is 0 Å². The maximum atomic E-state index is 12.2. The minimum atomic E-state index is -0.664.